The fourth-order valence-corrected chi connectivity index (χ4v) is 4.23. The molecule has 0 aliphatic carbocycles. The monoisotopic (exact) mass is 343 g/mol. The van der Waals surface area contributed by atoms with Crippen LogP contribution < -0.4 is 4.90 Å². The lowest BCUT2D eigenvalue weighted by atomic mass is 9.96. The number of anilines is 1. The molecule has 2 aliphatic heterocycles. The molecule has 7 nitrogen and oxygen atoms in total. The van der Waals surface area contributed by atoms with E-state index in [4.69, 9.17) is 0 Å². The lowest BCUT2D eigenvalue weighted by Gasteiger charge is -2.39. The first-order valence-corrected chi connectivity index (χ1v) is 9.45. The van der Waals surface area contributed by atoms with Crippen LogP contribution in [0.3, 0.4) is 0 Å². The number of fused-ring (bicyclic) bond motifs is 1. The third-order valence-electron chi connectivity index (χ3n) is 5.85. The van der Waals surface area contributed by atoms with Gasteiger partial charge in [-0.1, -0.05) is 0 Å². The Morgan fingerprint density at radius 1 is 1.12 bits per heavy atom. The minimum atomic E-state index is 0.730. The first-order valence-electron chi connectivity index (χ1n) is 9.45. The normalized spacial score (nSPS) is 23.5. The summed E-state index contributed by atoms with van der Waals surface area (Å²) >= 11 is 0. The summed E-state index contributed by atoms with van der Waals surface area (Å²) in [5.41, 5.74) is 4.42. The number of aromatic nitrogens is 4. The summed E-state index contributed by atoms with van der Waals surface area (Å²) in [6, 6.07) is 0. The van der Waals surface area contributed by atoms with E-state index in [2.05, 4.69) is 50.9 Å². The van der Waals surface area contributed by atoms with Crippen molar-refractivity contribution in [1.82, 2.24) is 29.6 Å². The van der Waals surface area contributed by atoms with Gasteiger partial charge < -0.3 is 14.7 Å². The van der Waals surface area contributed by atoms with Crippen LogP contribution in [0, 0.1) is 19.8 Å². The Hall–Kier alpha value is -1.73. The summed E-state index contributed by atoms with van der Waals surface area (Å²) < 4.78 is 1.82. The van der Waals surface area contributed by atoms with Gasteiger partial charge >= 0.3 is 0 Å². The maximum absolute atomic E-state index is 4.56. The van der Waals surface area contributed by atoms with Crippen molar-refractivity contribution in [3.63, 3.8) is 0 Å². The van der Waals surface area contributed by atoms with Crippen molar-refractivity contribution in [2.45, 2.75) is 26.7 Å². The molecule has 0 amide bonds. The smallest absolute Gasteiger partial charge is 0.201 e. The van der Waals surface area contributed by atoms with Crippen LogP contribution in [0.15, 0.2) is 6.33 Å². The van der Waals surface area contributed by atoms with Crippen LogP contribution in [-0.2, 0) is 0 Å². The van der Waals surface area contributed by atoms with Gasteiger partial charge in [0.25, 0.3) is 0 Å². The molecule has 1 atom stereocenters. The molecular weight excluding hydrogens is 314 g/mol. The second-order valence-electron chi connectivity index (χ2n) is 7.72. The average Bonchev–Trinajstić information content (AvgIpc) is 3.06. The number of hydrogen-bond donors (Lipinski definition) is 0. The maximum Gasteiger partial charge on any atom is 0.201 e. The summed E-state index contributed by atoms with van der Waals surface area (Å²) in [6.45, 7) is 12.5. The van der Waals surface area contributed by atoms with Crippen molar-refractivity contribution in [2.24, 2.45) is 5.92 Å². The van der Waals surface area contributed by atoms with E-state index in [1.54, 1.807) is 6.33 Å². The third kappa shape index (κ3) is 3.35. The van der Waals surface area contributed by atoms with Gasteiger partial charge in [0.1, 0.15) is 6.33 Å². The minimum absolute atomic E-state index is 0.730. The Morgan fingerprint density at radius 2 is 1.92 bits per heavy atom. The Morgan fingerprint density at radius 3 is 2.72 bits per heavy atom. The SMILES string of the molecule is Cc1nn2cnnc2c(N2CCCC(CN3CCN(C)CC3)C2)c1C. The van der Waals surface area contributed by atoms with Gasteiger partial charge in [0.2, 0.25) is 5.65 Å². The van der Waals surface area contributed by atoms with E-state index in [0.717, 1.165) is 30.3 Å². The number of hydrogen-bond acceptors (Lipinski definition) is 6. The van der Waals surface area contributed by atoms with Crippen molar-refractivity contribution in [2.75, 3.05) is 57.8 Å². The Kier molecular flexibility index (Phi) is 4.60. The van der Waals surface area contributed by atoms with Crippen molar-refractivity contribution in [1.29, 1.82) is 0 Å². The van der Waals surface area contributed by atoms with Gasteiger partial charge in [0.05, 0.1) is 11.4 Å². The van der Waals surface area contributed by atoms with Gasteiger partial charge in [-0.3, -0.25) is 0 Å². The van der Waals surface area contributed by atoms with E-state index >= 15 is 0 Å². The lowest BCUT2D eigenvalue weighted by molar-refractivity contribution is 0.131. The molecule has 1 unspecified atom stereocenters. The van der Waals surface area contributed by atoms with Crippen LogP contribution >= 0.6 is 0 Å². The van der Waals surface area contributed by atoms with Crippen molar-refractivity contribution >= 4 is 11.3 Å². The molecule has 0 radical (unpaired) electrons. The molecule has 4 rings (SSSR count). The highest BCUT2D eigenvalue weighted by Crippen LogP contribution is 2.30. The molecule has 2 aromatic heterocycles. The molecular formula is C18H29N7. The largest absolute Gasteiger partial charge is 0.368 e. The van der Waals surface area contributed by atoms with Crippen molar-refractivity contribution in [3.05, 3.63) is 17.6 Å². The molecule has 0 saturated carbocycles. The molecule has 2 aliphatic rings. The molecule has 2 saturated heterocycles. The first-order chi connectivity index (χ1) is 12.1. The zero-order chi connectivity index (χ0) is 17.4. The Bertz CT molecular complexity index is 732. The number of aryl methyl sites for hydroxylation is 1. The fourth-order valence-electron chi connectivity index (χ4n) is 4.23. The van der Waals surface area contributed by atoms with Crippen molar-refractivity contribution in [3.8, 4) is 0 Å². The van der Waals surface area contributed by atoms with E-state index < -0.39 is 0 Å². The summed E-state index contributed by atoms with van der Waals surface area (Å²) in [6.07, 6.45) is 4.28. The van der Waals surface area contributed by atoms with Gasteiger partial charge in [-0.2, -0.15) is 9.61 Å². The summed E-state index contributed by atoms with van der Waals surface area (Å²) in [5.74, 6) is 0.730. The van der Waals surface area contributed by atoms with E-state index in [0.29, 0.717) is 0 Å². The maximum atomic E-state index is 4.56. The van der Waals surface area contributed by atoms with E-state index in [1.807, 2.05) is 4.52 Å². The van der Waals surface area contributed by atoms with Crippen LogP contribution in [0.25, 0.3) is 5.65 Å². The highest BCUT2D eigenvalue weighted by Gasteiger charge is 2.27. The molecule has 2 aromatic rings. The van der Waals surface area contributed by atoms with Gasteiger partial charge in [-0.15, -0.1) is 10.2 Å². The molecule has 7 heteroatoms. The lowest BCUT2D eigenvalue weighted by Crippen LogP contribution is -2.48. The highest BCUT2D eigenvalue weighted by molar-refractivity contribution is 5.72. The Labute approximate surface area is 149 Å². The highest BCUT2D eigenvalue weighted by atomic mass is 15.4. The van der Waals surface area contributed by atoms with Gasteiger partial charge in [-0.25, -0.2) is 0 Å². The fraction of sp³-hybridized carbons (Fsp3) is 0.722. The van der Waals surface area contributed by atoms with Crippen LogP contribution in [0.1, 0.15) is 24.1 Å². The second kappa shape index (κ2) is 6.88. The molecule has 0 aromatic carbocycles. The second-order valence-corrected chi connectivity index (χ2v) is 7.72. The molecule has 25 heavy (non-hydrogen) atoms. The van der Waals surface area contributed by atoms with Crippen LogP contribution in [0.5, 0.6) is 0 Å². The molecule has 0 bridgehead atoms. The minimum Gasteiger partial charge on any atom is -0.368 e. The van der Waals surface area contributed by atoms with Gasteiger partial charge in [-0.05, 0) is 45.2 Å². The standard InChI is InChI=1S/C18H29N7/c1-14-15(2)21-25-13-19-20-18(25)17(14)24-6-4-5-16(12-24)11-23-9-7-22(3)8-10-23/h13,16H,4-12H2,1-3H3. The Balaban J connectivity index is 1.52. The van der Waals surface area contributed by atoms with E-state index in [1.165, 1.54) is 56.8 Å². The molecule has 2 fully saturated rings. The molecule has 4 heterocycles. The topological polar surface area (TPSA) is 52.8 Å². The quantitative estimate of drug-likeness (QED) is 0.835. The molecule has 0 N–H and O–H groups in total. The third-order valence-corrected chi connectivity index (χ3v) is 5.85. The summed E-state index contributed by atoms with van der Waals surface area (Å²) in [7, 11) is 2.22. The predicted molar refractivity (Wildman–Crippen MR) is 99.1 cm³/mol. The predicted octanol–water partition coefficient (Wildman–Crippen LogP) is 1.20. The number of nitrogens with zero attached hydrogens (tertiary/aromatic N) is 7. The van der Waals surface area contributed by atoms with E-state index in [9.17, 15) is 0 Å². The number of likely N-dealkylation sites (N-methyl/N-ethyl adjacent to an activating group) is 1. The van der Waals surface area contributed by atoms with Crippen molar-refractivity contribution < 1.29 is 0 Å². The summed E-state index contributed by atoms with van der Waals surface area (Å²) in [5, 5.41) is 13.0. The van der Waals surface area contributed by atoms with Crippen LogP contribution in [0.4, 0.5) is 5.69 Å². The van der Waals surface area contributed by atoms with Crippen LogP contribution in [0.2, 0.25) is 0 Å². The summed E-state index contributed by atoms with van der Waals surface area (Å²) in [4.78, 5) is 7.60. The van der Waals surface area contributed by atoms with Crippen LogP contribution in [-0.4, -0.2) is 82.5 Å². The van der Waals surface area contributed by atoms with Gasteiger partial charge in [0.15, 0.2) is 0 Å². The zero-order valence-corrected chi connectivity index (χ0v) is 15.6. The number of rotatable bonds is 3. The molecule has 0 spiro atoms. The zero-order valence-electron chi connectivity index (χ0n) is 15.6. The number of piperidine rings is 1. The first kappa shape index (κ1) is 16.7. The molecule has 136 valence electrons. The van der Waals surface area contributed by atoms with E-state index in [-0.39, 0.29) is 0 Å². The number of piperazine rings is 1. The van der Waals surface area contributed by atoms with Gasteiger partial charge in [0, 0.05) is 45.8 Å². The average molecular weight is 343 g/mol.